The summed E-state index contributed by atoms with van der Waals surface area (Å²) in [6.45, 7) is 1.24. The number of nitrogens with zero attached hydrogens (tertiary/aromatic N) is 1. The highest BCUT2D eigenvalue weighted by molar-refractivity contribution is 5.91. The minimum Gasteiger partial charge on any atom is -0.368 e. The number of carbonyl (C=O) groups excluding carboxylic acids is 3. The second kappa shape index (κ2) is 9.99. The fourth-order valence-corrected chi connectivity index (χ4v) is 2.78. The van der Waals surface area contributed by atoms with E-state index >= 15 is 0 Å². The number of primary amides is 1. The number of hydrogen-bond donors (Lipinski definition) is 3. The number of benzene rings is 2. The van der Waals surface area contributed by atoms with E-state index in [9.17, 15) is 18.8 Å². The van der Waals surface area contributed by atoms with Gasteiger partial charge in [-0.1, -0.05) is 30.3 Å². The van der Waals surface area contributed by atoms with Gasteiger partial charge in [0, 0.05) is 19.8 Å². The van der Waals surface area contributed by atoms with Crippen LogP contribution >= 0.6 is 0 Å². The smallest absolute Gasteiger partial charge is 0.243 e. The number of carbonyl (C=O) groups is 3. The largest absolute Gasteiger partial charge is 0.368 e. The Morgan fingerprint density at radius 1 is 1.03 bits per heavy atom. The van der Waals surface area contributed by atoms with Crippen molar-refractivity contribution in [3.63, 3.8) is 0 Å². The van der Waals surface area contributed by atoms with Crippen LogP contribution in [0.4, 0.5) is 4.39 Å². The number of rotatable bonds is 8. The first-order valence-electron chi connectivity index (χ1n) is 8.89. The summed E-state index contributed by atoms with van der Waals surface area (Å²) >= 11 is 0. The third kappa shape index (κ3) is 6.43. The standard InChI is InChI=1S/C21H21FN4O3/c1-13(27)25-19(11-16-4-2-3-5-17(16)22)21(29)26-18(20(24)28)10-14-6-8-15(12-23)9-7-14/h2-9,18-19H,10-11H2,1H3,(H2,24,28)(H,25,27)(H,26,29)/t18-,19-/m1/s1. The van der Waals surface area contributed by atoms with Crippen molar-refractivity contribution in [3.05, 3.63) is 71.0 Å². The van der Waals surface area contributed by atoms with Crippen LogP contribution in [0, 0.1) is 17.1 Å². The lowest BCUT2D eigenvalue weighted by Crippen LogP contribution is -2.54. The van der Waals surface area contributed by atoms with E-state index in [0.717, 1.165) is 0 Å². The van der Waals surface area contributed by atoms with Crippen LogP contribution in [0.2, 0.25) is 0 Å². The van der Waals surface area contributed by atoms with Crippen LogP contribution in [-0.4, -0.2) is 29.8 Å². The SMILES string of the molecule is CC(=O)N[C@H](Cc1ccccc1F)C(=O)N[C@H](Cc1ccc(C#N)cc1)C(N)=O. The zero-order chi connectivity index (χ0) is 21.4. The van der Waals surface area contributed by atoms with E-state index in [0.29, 0.717) is 11.1 Å². The molecule has 3 amide bonds. The fraction of sp³-hybridized carbons (Fsp3) is 0.238. The average molecular weight is 396 g/mol. The van der Waals surface area contributed by atoms with E-state index < -0.39 is 35.6 Å². The summed E-state index contributed by atoms with van der Waals surface area (Å²) in [5, 5.41) is 13.8. The molecule has 0 aliphatic rings. The average Bonchev–Trinajstić information content (AvgIpc) is 2.68. The van der Waals surface area contributed by atoms with Gasteiger partial charge in [0.2, 0.25) is 17.7 Å². The molecule has 7 nitrogen and oxygen atoms in total. The molecular weight excluding hydrogens is 375 g/mol. The molecule has 8 heteroatoms. The Kier molecular flexibility index (Phi) is 7.43. The van der Waals surface area contributed by atoms with Crippen molar-refractivity contribution in [2.45, 2.75) is 31.8 Å². The monoisotopic (exact) mass is 396 g/mol. The molecule has 2 aromatic carbocycles. The Morgan fingerprint density at radius 2 is 1.69 bits per heavy atom. The number of amides is 3. The highest BCUT2D eigenvalue weighted by Crippen LogP contribution is 2.11. The summed E-state index contributed by atoms with van der Waals surface area (Å²) in [5.41, 5.74) is 6.82. The summed E-state index contributed by atoms with van der Waals surface area (Å²) in [4.78, 5) is 36.0. The van der Waals surface area contributed by atoms with Gasteiger partial charge in [-0.25, -0.2) is 4.39 Å². The predicted octanol–water partition coefficient (Wildman–Crippen LogP) is 0.957. The van der Waals surface area contributed by atoms with Gasteiger partial charge >= 0.3 is 0 Å². The Hall–Kier alpha value is -3.73. The van der Waals surface area contributed by atoms with Gasteiger partial charge in [-0.15, -0.1) is 0 Å². The van der Waals surface area contributed by atoms with Crippen molar-refractivity contribution in [1.29, 1.82) is 5.26 Å². The summed E-state index contributed by atoms with van der Waals surface area (Å²) in [7, 11) is 0. The van der Waals surface area contributed by atoms with Gasteiger partial charge in [0.15, 0.2) is 0 Å². The molecule has 0 aromatic heterocycles. The summed E-state index contributed by atoms with van der Waals surface area (Å²) < 4.78 is 13.9. The van der Waals surface area contributed by atoms with Crippen molar-refractivity contribution in [1.82, 2.24) is 10.6 Å². The minimum atomic E-state index is -1.08. The molecule has 0 fully saturated rings. The molecule has 0 saturated carbocycles. The maximum atomic E-state index is 13.9. The van der Waals surface area contributed by atoms with E-state index in [-0.39, 0.29) is 18.4 Å². The number of nitrogens with two attached hydrogens (primary N) is 1. The van der Waals surface area contributed by atoms with Crippen molar-refractivity contribution in [2.24, 2.45) is 5.73 Å². The van der Waals surface area contributed by atoms with Crippen LogP contribution in [0.5, 0.6) is 0 Å². The molecule has 2 atom stereocenters. The van der Waals surface area contributed by atoms with Gasteiger partial charge in [-0.05, 0) is 29.3 Å². The van der Waals surface area contributed by atoms with Gasteiger partial charge in [0.25, 0.3) is 0 Å². The molecule has 2 aromatic rings. The Morgan fingerprint density at radius 3 is 2.24 bits per heavy atom. The molecular formula is C21H21FN4O3. The van der Waals surface area contributed by atoms with E-state index in [4.69, 9.17) is 11.0 Å². The Bertz CT molecular complexity index is 938. The molecule has 0 radical (unpaired) electrons. The molecule has 0 aliphatic carbocycles. The van der Waals surface area contributed by atoms with Crippen LogP contribution in [0.3, 0.4) is 0 Å². The zero-order valence-corrected chi connectivity index (χ0v) is 15.8. The van der Waals surface area contributed by atoms with Crippen molar-refractivity contribution < 1.29 is 18.8 Å². The Balaban J connectivity index is 2.14. The van der Waals surface area contributed by atoms with E-state index in [1.807, 2.05) is 6.07 Å². The van der Waals surface area contributed by atoms with Crippen LogP contribution in [0.1, 0.15) is 23.6 Å². The number of halogens is 1. The van der Waals surface area contributed by atoms with Gasteiger partial charge in [0.1, 0.15) is 17.9 Å². The van der Waals surface area contributed by atoms with Crippen molar-refractivity contribution in [2.75, 3.05) is 0 Å². The quantitative estimate of drug-likeness (QED) is 0.614. The summed E-state index contributed by atoms with van der Waals surface area (Å²) in [6, 6.07) is 12.3. The van der Waals surface area contributed by atoms with Gasteiger partial charge in [-0.2, -0.15) is 5.26 Å². The summed E-state index contributed by atoms with van der Waals surface area (Å²) in [5.74, 6) is -2.38. The Labute approximate surface area is 167 Å². The molecule has 0 heterocycles. The molecule has 0 spiro atoms. The van der Waals surface area contributed by atoms with Crippen LogP contribution in [0.15, 0.2) is 48.5 Å². The molecule has 29 heavy (non-hydrogen) atoms. The van der Waals surface area contributed by atoms with E-state index in [1.54, 1.807) is 30.3 Å². The van der Waals surface area contributed by atoms with Crippen LogP contribution in [0.25, 0.3) is 0 Å². The normalized spacial score (nSPS) is 12.3. The molecule has 0 aliphatic heterocycles. The van der Waals surface area contributed by atoms with Gasteiger partial charge in [-0.3, -0.25) is 14.4 Å². The van der Waals surface area contributed by atoms with Gasteiger partial charge < -0.3 is 16.4 Å². The maximum absolute atomic E-state index is 13.9. The lowest BCUT2D eigenvalue weighted by molar-refractivity contribution is -0.130. The highest BCUT2D eigenvalue weighted by atomic mass is 19.1. The lowest BCUT2D eigenvalue weighted by atomic mass is 10.0. The topological polar surface area (TPSA) is 125 Å². The number of nitriles is 1. The predicted molar refractivity (Wildman–Crippen MR) is 104 cm³/mol. The fourth-order valence-electron chi connectivity index (χ4n) is 2.78. The van der Waals surface area contributed by atoms with Crippen molar-refractivity contribution in [3.8, 4) is 6.07 Å². The van der Waals surface area contributed by atoms with Gasteiger partial charge in [0.05, 0.1) is 11.6 Å². The van der Waals surface area contributed by atoms with Crippen LogP contribution < -0.4 is 16.4 Å². The molecule has 2 rings (SSSR count). The molecule has 0 unspecified atom stereocenters. The summed E-state index contributed by atoms with van der Waals surface area (Å²) in [6.07, 6.45) is 0.0275. The third-order valence-electron chi connectivity index (χ3n) is 4.26. The second-order valence-corrected chi connectivity index (χ2v) is 6.53. The zero-order valence-electron chi connectivity index (χ0n) is 15.8. The number of hydrogen-bond acceptors (Lipinski definition) is 4. The molecule has 0 saturated heterocycles. The first-order chi connectivity index (χ1) is 13.8. The third-order valence-corrected chi connectivity index (χ3v) is 4.26. The van der Waals surface area contributed by atoms with Crippen LogP contribution in [-0.2, 0) is 27.2 Å². The first-order valence-corrected chi connectivity index (χ1v) is 8.89. The molecule has 4 N–H and O–H groups in total. The highest BCUT2D eigenvalue weighted by Gasteiger charge is 2.26. The number of nitrogens with one attached hydrogen (secondary N) is 2. The molecule has 150 valence electrons. The maximum Gasteiger partial charge on any atom is 0.243 e. The molecule has 0 bridgehead atoms. The second-order valence-electron chi connectivity index (χ2n) is 6.53. The van der Waals surface area contributed by atoms with E-state index in [2.05, 4.69) is 10.6 Å². The van der Waals surface area contributed by atoms with E-state index in [1.165, 1.54) is 25.1 Å². The van der Waals surface area contributed by atoms with Crippen molar-refractivity contribution >= 4 is 17.7 Å². The minimum absolute atomic E-state index is 0.0829. The lowest BCUT2D eigenvalue weighted by Gasteiger charge is -2.22. The first kappa shape index (κ1) is 21.6.